The van der Waals surface area contributed by atoms with Crippen LogP contribution in [0.1, 0.15) is 27.2 Å². The Balaban J connectivity index is 4.10. The zero-order valence-corrected chi connectivity index (χ0v) is 11.4. The number of carbonyl (C=O) groups excluding carboxylic acids is 1. The van der Waals surface area contributed by atoms with Crippen molar-refractivity contribution < 1.29 is 17.7 Å². The van der Waals surface area contributed by atoms with Crippen LogP contribution < -0.4 is 0 Å². The Morgan fingerprint density at radius 1 is 1.27 bits per heavy atom. The summed E-state index contributed by atoms with van der Waals surface area (Å²) in [5, 5.41) is 0. The lowest BCUT2D eigenvalue weighted by molar-refractivity contribution is -0.133. The molecule has 0 saturated heterocycles. The average Bonchev–Trinajstić information content (AvgIpc) is 2.20. The summed E-state index contributed by atoms with van der Waals surface area (Å²) in [6.07, 6.45) is 0.272. The molecule has 4 nitrogen and oxygen atoms in total. The van der Waals surface area contributed by atoms with Crippen LogP contribution >= 0.6 is 0 Å². The van der Waals surface area contributed by atoms with Gasteiger partial charge in [-0.15, -0.1) is 0 Å². The van der Waals surface area contributed by atoms with E-state index in [1.54, 1.807) is 0 Å². The maximum atomic E-state index is 11.1. The minimum Gasteiger partial charge on any atom is -0.343 e. The van der Waals surface area contributed by atoms with E-state index in [9.17, 15) is 9.00 Å². The molecular formula is C9H20O4SSi. The van der Waals surface area contributed by atoms with E-state index in [0.717, 1.165) is 24.2 Å². The van der Waals surface area contributed by atoms with Gasteiger partial charge in [-0.25, -0.2) is 0 Å². The molecule has 1 N–H and O–H groups in total. The highest BCUT2D eigenvalue weighted by Crippen LogP contribution is 2.26. The van der Waals surface area contributed by atoms with E-state index < -0.39 is 25.4 Å². The van der Waals surface area contributed by atoms with Crippen LogP contribution in [-0.4, -0.2) is 22.8 Å². The maximum absolute atomic E-state index is 11.1. The highest BCUT2D eigenvalue weighted by Gasteiger charge is 2.27. The predicted molar refractivity (Wildman–Crippen MR) is 63.5 cm³/mol. The molecule has 0 heterocycles. The number of hydrogen-bond donors (Lipinski definition) is 1. The molecule has 15 heavy (non-hydrogen) atoms. The van der Waals surface area contributed by atoms with E-state index in [1.165, 1.54) is 0 Å². The molecule has 0 aromatic rings. The molecule has 0 amide bonds. The Bertz CT molecular complexity index is 220. The Morgan fingerprint density at radius 2 is 1.73 bits per heavy atom. The summed E-state index contributed by atoms with van der Waals surface area (Å²) in [5.74, 6) is -0.567. The normalized spacial score (nSPS) is 13.6. The molecule has 90 valence electrons. The third-order valence-electron chi connectivity index (χ3n) is 3.27. The Labute approximate surface area is 94.9 Å². The van der Waals surface area contributed by atoms with Gasteiger partial charge in [0.2, 0.25) is 0 Å². The number of carbonyl (C=O) groups is 1. The predicted octanol–water partition coefficient (Wildman–Crippen LogP) is 2.56. The monoisotopic (exact) mass is 252 g/mol. The Kier molecular flexibility index (Phi) is 7.04. The van der Waals surface area contributed by atoms with Crippen molar-refractivity contribution >= 4 is 25.4 Å². The van der Waals surface area contributed by atoms with Crippen molar-refractivity contribution in [1.82, 2.24) is 0 Å². The second-order valence-corrected chi connectivity index (χ2v) is 9.96. The van der Waals surface area contributed by atoms with Crippen LogP contribution in [0.15, 0.2) is 0 Å². The zero-order valence-electron chi connectivity index (χ0n) is 9.62. The highest BCUT2D eigenvalue weighted by atomic mass is 32.2. The van der Waals surface area contributed by atoms with E-state index in [0.29, 0.717) is 0 Å². The molecule has 0 aliphatic heterocycles. The first-order valence-electron chi connectivity index (χ1n) is 5.31. The van der Waals surface area contributed by atoms with Crippen LogP contribution in [-0.2, 0) is 20.3 Å². The molecule has 0 aromatic carbocycles. The van der Waals surface area contributed by atoms with Crippen molar-refractivity contribution in [2.24, 2.45) is 0 Å². The summed E-state index contributed by atoms with van der Waals surface area (Å²) in [6.45, 7) is 6.48. The Morgan fingerprint density at radius 3 is 2.07 bits per heavy atom. The smallest absolute Gasteiger partial charge is 0.343 e. The van der Waals surface area contributed by atoms with E-state index in [2.05, 4.69) is 25.0 Å². The topological polar surface area (TPSA) is 63.6 Å². The van der Waals surface area contributed by atoms with Crippen LogP contribution in [0, 0.1) is 0 Å². The van der Waals surface area contributed by atoms with Crippen molar-refractivity contribution in [3.8, 4) is 0 Å². The second kappa shape index (κ2) is 7.13. The van der Waals surface area contributed by atoms with Crippen molar-refractivity contribution in [1.29, 1.82) is 0 Å². The van der Waals surface area contributed by atoms with Gasteiger partial charge in [0.1, 0.15) is 0 Å². The third kappa shape index (κ3) is 5.43. The largest absolute Gasteiger partial charge is 0.360 e. The molecule has 0 fully saturated rings. The van der Waals surface area contributed by atoms with Gasteiger partial charge >= 0.3 is 17.3 Å². The van der Waals surface area contributed by atoms with Gasteiger partial charge in [0.15, 0.2) is 0 Å². The van der Waals surface area contributed by atoms with Crippen molar-refractivity contribution in [3.63, 3.8) is 0 Å². The van der Waals surface area contributed by atoms with Crippen LogP contribution in [0.25, 0.3) is 0 Å². The molecule has 0 rings (SSSR count). The van der Waals surface area contributed by atoms with Gasteiger partial charge in [-0.2, -0.15) is 4.21 Å². The van der Waals surface area contributed by atoms with E-state index >= 15 is 0 Å². The molecule has 0 radical (unpaired) electrons. The van der Waals surface area contributed by atoms with Crippen LogP contribution in [0.5, 0.6) is 0 Å². The fraction of sp³-hybridized carbons (Fsp3) is 0.889. The van der Waals surface area contributed by atoms with Crippen LogP contribution in [0.3, 0.4) is 0 Å². The first kappa shape index (κ1) is 14.8. The summed E-state index contributed by atoms with van der Waals surface area (Å²) in [4.78, 5) is 11.1. The average molecular weight is 252 g/mol. The molecule has 1 unspecified atom stereocenters. The molecule has 0 saturated carbocycles. The summed E-state index contributed by atoms with van der Waals surface area (Å²) in [7, 11) is -1.31. The number of hydrogen-bond acceptors (Lipinski definition) is 3. The van der Waals surface area contributed by atoms with Gasteiger partial charge in [0, 0.05) is 6.42 Å². The molecule has 6 heteroatoms. The summed E-state index contributed by atoms with van der Waals surface area (Å²) in [5.41, 5.74) is 0. The molecular weight excluding hydrogens is 232 g/mol. The Hall–Kier alpha value is -0.203. The van der Waals surface area contributed by atoms with Crippen LogP contribution in [0.2, 0.25) is 24.2 Å². The summed E-state index contributed by atoms with van der Waals surface area (Å²) in [6, 6.07) is 4.30. The van der Waals surface area contributed by atoms with Gasteiger partial charge in [-0.3, -0.25) is 9.35 Å². The summed E-state index contributed by atoms with van der Waals surface area (Å²) >= 11 is -2.46. The molecule has 0 bridgehead atoms. The van der Waals surface area contributed by atoms with Gasteiger partial charge in [0.25, 0.3) is 0 Å². The van der Waals surface area contributed by atoms with Crippen LogP contribution in [0.4, 0.5) is 0 Å². The lowest BCUT2D eigenvalue weighted by atomic mass is 10.5. The molecule has 0 aromatic heterocycles. The zero-order chi connectivity index (χ0) is 11.9. The standard InChI is InChI=1S/C9H20O4SSi/c1-4-15(5-2,6-3)8-7-9(10)13-14(11)12/h4-8H2,1-3H3,(H,11,12). The molecule has 0 aliphatic rings. The quantitative estimate of drug-likeness (QED) is 0.558. The van der Waals surface area contributed by atoms with Gasteiger partial charge in [0.05, 0.1) is 8.07 Å². The summed E-state index contributed by atoms with van der Waals surface area (Å²) < 4.78 is 22.8. The van der Waals surface area contributed by atoms with Crippen molar-refractivity contribution in [2.75, 3.05) is 0 Å². The van der Waals surface area contributed by atoms with Gasteiger partial charge in [-0.05, 0) is 6.04 Å². The fourth-order valence-electron chi connectivity index (χ4n) is 1.77. The van der Waals surface area contributed by atoms with Gasteiger partial charge in [-0.1, -0.05) is 38.9 Å². The minimum atomic E-state index is -2.46. The van der Waals surface area contributed by atoms with E-state index in [4.69, 9.17) is 4.55 Å². The second-order valence-electron chi connectivity index (χ2n) is 3.73. The molecule has 1 atom stereocenters. The highest BCUT2D eigenvalue weighted by molar-refractivity contribution is 7.74. The van der Waals surface area contributed by atoms with Crippen molar-refractivity contribution in [2.45, 2.75) is 51.4 Å². The van der Waals surface area contributed by atoms with Crippen molar-refractivity contribution in [3.05, 3.63) is 0 Å². The molecule has 0 spiro atoms. The minimum absolute atomic E-state index is 0.272. The third-order valence-corrected chi connectivity index (χ3v) is 9.41. The lowest BCUT2D eigenvalue weighted by Crippen LogP contribution is -2.31. The fourth-order valence-corrected chi connectivity index (χ4v) is 5.31. The van der Waals surface area contributed by atoms with E-state index in [1.807, 2.05) is 0 Å². The SMILES string of the molecule is CC[Si](CC)(CC)CCC(=O)OS(=O)O. The first-order valence-corrected chi connectivity index (χ1v) is 9.17. The lowest BCUT2D eigenvalue weighted by Gasteiger charge is -2.27. The first-order chi connectivity index (χ1) is 6.99. The molecule has 0 aliphatic carbocycles. The maximum Gasteiger partial charge on any atom is 0.360 e. The van der Waals surface area contributed by atoms with E-state index in [-0.39, 0.29) is 6.42 Å². The number of rotatable bonds is 7. The van der Waals surface area contributed by atoms with Gasteiger partial charge < -0.3 is 4.18 Å².